The Morgan fingerprint density at radius 3 is 2.56 bits per heavy atom. The molecule has 0 aliphatic heterocycles. The van der Waals surface area contributed by atoms with Gasteiger partial charge in [0.25, 0.3) is 10.2 Å². The number of rotatable bonds is 9. The fourth-order valence-electron chi connectivity index (χ4n) is 0.973. The number of nitrogens with zero attached hydrogens (tertiary/aromatic N) is 1. The van der Waals surface area contributed by atoms with Crippen LogP contribution in [-0.4, -0.2) is 55.1 Å². The van der Waals surface area contributed by atoms with Gasteiger partial charge in [-0.15, -0.1) is 0 Å². The third-order valence-electron chi connectivity index (χ3n) is 2.02. The van der Waals surface area contributed by atoms with Crippen molar-refractivity contribution in [2.24, 2.45) is 5.73 Å². The normalized spacial score (nSPS) is 14.2. The Hall–Kier alpha value is -0.0200. The first-order valence-corrected chi connectivity index (χ1v) is 8.12. The molecule has 0 amide bonds. The smallest absolute Gasteiger partial charge is 0.279 e. The fourth-order valence-corrected chi connectivity index (χ4v) is 2.67. The van der Waals surface area contributed by atoms with Crippen molar-refractivity contribution in [3.8, 4) is 0 Å². The largest absolute Gasteiger partial charge is 0.330 e. The van der Waals surface area contributed by atoms with Crippen LogP contribution in [0.5, 0.6) is 0 Å². The maximum absolute atomic E-state index is 11.6. The monoisotopic (exact) mass is 271 g/mol. The second-order valence-corrected chi connectivity index (χ2v) is 7.02. The van der Waals surface area contributed by atoms with Gasteiger partial charge in [0.15, 0.2) is 0 Å². The third kappa shape index (κ3) is 6.54. The van der Waals surface area contributed by atoms with Gasteiger partial charge in [-0.05, 0) is 13.0 Å². The fraction of sp³-hybridized carbons (Fsp3) is 1.00. The van der Waals surface area contributed by atoms with Gasteiger partial charge in [0.1, 0.15) is 0 Å². The molecule has 1 unspecified atom stereocenters. The quantitative estimate of drug-likeness (QED) is 0.555. The van der Waals surface area contributed by atoms with Gasteiger partial charge in [-0.25, -0.2) is 4.72 Å². The molecule has 0 aromatic heterocycles. The molecular formula is C8H21N3O3S2. The minimum Gasteiger partial charge on any atom is -0.330 e. The van der Waals surface area contributed by atoms with Crippen molar-refractivity contribution in [2.75, 3.05) is 38.2 Å². The van der Waals surface area contributed by atoms with E-state index in [-0.39, 0.29) is 6.54 Å². The number of hydrogen-bond donors (Lipinski definition) is 2. The molecule has 0 saturated heterocycles. The Kier molecular flexibility index (Phi) is 8.12. The van der Waals surface area contributed by atoms with E-state index < -0.39 is 21.0 Å². The highest BCUT2D eigenvalue weighted by atomic mass is 32.2. The van der Waals surface area contributed by atoms with Gasteiger partial charge in [0.2, 0.25) is 0 Å². The van der Waals surface area contributed by atoms with E-state index in [0.29, 0.717) is 31.0 Å². The lowest BCUT2D eigenvalue weighted by Crippen LogP contribution is -2.40. The Labute approximate surface area is 100 Å². The SMILES string of the molecule is CCS(=O)CCNS(=O)(=O)N(C)CCCN. The summed E-state index contributed by atoms with van der Waals surface area (Å²) in [6.07, 6.45) is 0.623. The minimum atomic E-state index is -3.44. The van der Waals surface area contributed by atoms with Crippen molar-refractivity contribution < 1.29 is 12.6 Å². The summed E-state index contributed by atoms with van der Waals surface area (Å²) in [5.41, 5.74) is 5.30. The molecule has 0 fully saturated rings. The van der Waals surface area contributed by atoms with Crippen molar-refractivity contribution >= 4 is 21.0 Å². The molecule has 16 heavy (non-hydrogen) atoms. The summed E-state index contributed by atoms with van der Waals surface area (Å²) in [6.45, 7) is 2.86. The van der Waals surface area contributed by atoms with Gasteiger partial charge < -0.3 is 5.73 Å². The van der Waals surface area contributed by atoms with Crippen molar-refractivity contribution in [1.29, 1.82) is 0 Å². The van der Waals surface area contributed by atoms with Crippen LogP contribution < -0.4 is 10.5 Å². The van der Waals surface area contributed by atoms with Crippen molar-refractivity contribution in [3.05, 3.63) is 0 Å². The average Bonchev–Trinajstić information content (AvgIpc) is 2.25. The molecule has 0 aromatic carbocycles. The molecule has 98 valence electrons. The third-order valence-corrected chi connectivity index (χ3v) is 4.90. The van der Waals surface area contributed by atoms with Crippen LogP contribution >= 0.6 is 0 Å². The highest BCUT2D eigenvalue weighted by molar-refractivity contribution is 7.87. The van der Waals surface area contributed by atoms with Crippen LogP contribution in [-0.2, 0) is 21.0 Å². The topological polar surface area (TPSA) is 92.5 Å². The molecule has 0 heterocycles. The van der Waals surface area contributed by atoms with Gasteiger partial charge in [0, 0.05) is 42.4 Å². The summed E-state index contributed by atoms with van der Waals surface area (Å²) >= 11 is 0. The first-order chi connectivity index (χ1) is 7.44. The van der Waals surface area contributed by atoms with E-state index in [2.05, 4.69) is 4.72 Å². The van der Waals surface area contributed by atoms with Gasteiger partial charge in [-0.1, -0.05) is 6.92 Å². The lowest BCUT2D eigenvalue weighted by Gasteiger charge is -2.16. The summed E-state index contributed by atoms with van der Waals surface area (Å²) in [5.74, 6) is 0.894. The van der Waals surface area contributed by atoms with Crippen LogP contribution in [0.4, 0.5) is 0 Å². The van der Waals surface area contributed by atoms with Crippen molar-refractivity contribution in [1.82, 2.24) is 9.03 Å². The number of nitrogens with one attached hydrogen (secondary N) is 1. The van der Waals surface area contributed by atoms with Crippen molar-refractivity contribution in [2.45, 2.75) is 13.3 Å². The average molecular weight is 271 g/mol. The zero-order valence-corrected chi connectivity index (χ0v) is 11.4. The molecular weight excluding hydrogens is 250 g/mol. The number of nitrogens with two attached hydrogens (primary N) is 1. The van der Waals surface area contributed by atoms with Crippen LogP contribution in [0.15, 0.2) is 0 Å². The highest BCUT2D eigenvalue weighted by Crippen LogP contribution is 1.94. The molecule has 6 nitrogen and oxygen atoms in total. The summed E-state index contributed by atoms with van der Waals surface area (Å²) in [6, 6.07) is 0. The van der Waals surface area contributed by atoms with Gasteiger partial charge >= 0.3 is 0 Å². The van der Waals surface area contributed by atoms with Gasteiger partial charge in [0.05, 0.1) is 0 Å². The van der Waals surface area contributed by atoms with Crippen LogP contribution in [0.3, 0.4) is 0 Å². The predicted octanol–water partition coefficient (Wildman–Crippen LogP) is -1.13. The molecule has 0 aliphatic rings. The molecule has 0 rings (SSSR count). The molecule has 0 spiro atoms. The van der Waals surface area contributed by atoms with E-state index in [9.17, 15) is 12.6 Å². The van der Waals surface area contributed by atoms with E-state index in [1.807, 2.05) is 0 Å². The number of hydrogen-bond acceptors (Lipinski definition) is 4. The first-order valence-electron chi connectivity index (χ1n) is 5.20. The van der Waals surface area contributed by atoms with Crippen LogP contribution in [0.2, 0.25) is 0 Å². The summed E-state index contributed by atoms with van der Waals surface area (Å²) in [5, 5.41) is 0. The molecule has 8 heteroatoms. The summed E-state index contributed by atoms with van der Waals surface area (Å²) < 4.78 is 37.9. The molecule has 0 saturated carbocycles. The lowest BCUT2D eigenvalue weighted by atomic mass is 10.4. The van der Waals surface area contributed by atoms with E-state index in [1.165, 1.54) is 11.4 Å². The first kappa shape index (κ1) is 16.0. The van der Waals surface area contributed by atoms with E-state index in [4.69, 9.17) is 5.73 Å². The molecule has 3 N–H and O–H groups in total. The Balaban J connectivity index is 3.99. The molecule has 0 bridgehead atoms. The summed E-state index contributed by atoms with van der Waals surface area (Å²) in [4.78, 5) is 0. The Morgan fingerprint density at radius 2 is 2.06 bits per heavy atom. The Morgan fingerprint density at radius 1 is 1.44 bits per heavy atom. The molecule has 0 radical (unpaired) electrons. The second-order valence-electron chi connectivity index (χ2n) is 3.30. The second kappa shape index (κ2) is 8.13. The van der Waals surface area contributed by atoms with Crippen LogP contribution in [0, 0.1) is 0 Å². The Bertz CT molecular complexity index is 306. The summed E-state index contributed by atoms with van der Waals surface area (Å²) in [7, 11) is -2.89. The van der Waals surface area contributed by atoms with E-state index in [0.717, 1.165) is 0 Å². The lowest BCUT2D eigenvalue weighted by molar-refractivity contribution is 0.454. The zero-order valence-electron chi connectivity index (χ0n) is 9.81. The molecule has 0 aliphatic carbocycles. The van der Waals surface area contributed by atoms with Crippen LogP contribution in [0.1, 0.15) is 13.3 Å². The minimum absolute atomic E-state index is 0.204. The van der Waals surface area contributed by atoms with Gasteiger partial charge in [-0.3, -0.25) is 4.21 Å². The van der Waals surface area contributed by atoms with E-state index >= 15 is 0 Å². The van der Waals surface area contributed by atoms with Crippen LogP contribution in [0.25, 0.3) is 0 Å². The van der Waals surface area contributed by atoms with Crippen molar-refractivity contribution in [3.63, 3.8) is 0 Å². The van der Waals surface area contributed by atoms with E-state index in [1.54, 1.807) is 6.92 Å². The molecule has 1 atom stereocenters. The maximum atomic E-state index is 11.6. The molecule has 0 aromatic rings. The zero-order chi connectivity index (χ0) is 12.6. The highest BCUT2D eigenvalue weighted by Gasteiger charge is 2.15. The predicted molar refractivity (Wildman–Crippen MR) is 66.8 cm³/mol. The maximum Gasteiger partial charge on any atom is 0.279 e. The standard InChI is InChI=1S/C8H21N3O3S2/c1-3-15(12)8-6-10-16(13,14)11(2)7-4-5-9/h10H,3-9H2,1-2H3. The van der Waals surface area contributed by atoms with Gasteiger partial charge in [-0.2, -0.15) is 12.7 Å².